The third kappa shape index (κ3) is 6.78. The number of para-hydroxylation sites is 3. The third-order valence-corrected chi connectivity index (χ3v) is 10.3. The molecule has 10 aromatic rings. The van der Waals surface area contributed by atoms with Crippen LogP contribution >= 0.6 is 0 Å². The van der Waals surface area contributed by atoms with Crippen LogP contribution in [-0.2, 0) is 27.2 Å². The summed E-state index contributed by atoms with van der Waals surface area (Å²) in [6, 6.07) is 57.2. The number of aryl methyl sites for hydroxylation is 4. The van der Waals surface area contributed by atoms with Crippen molar-refractivity contribution in [3.63, 3.8) is 0 Å². The Bertz CT molecular complexity index is 2980. The van der Waals surface area contributed by atoms with Crippen molar-refractivity contribution in [2.45, 2.75) is 20.8 Å². The van der Waals surface area contributed by atoms with Gasteiger partial charge in [0.2, 0.25) is 0 Å². The standard InChI is InChI=1S/C35H24NO.C15H13N2.Ir/c1-22-17-27-18-25(24-9-4-3-5-10-24)15-16-26(27)19-31(22)32-20-33(36-21-23(32)2)30-13-8-12-29-28-11-6-7-14-34(28)37-35(29)30;1-11-7-9-12(10-8-11)15-16-13-5-3-4-6-14(13)17(15)2;/h3-12,14-21H,1-2H3;3-9H,1-2H3;/q2*-1;. The number of benzene rings is 7. The summed E-state index contributed by atoms with van der Waals surface area (Å²) in [5, 5.41) is 4.67. The van der Waals surface area contributed by atoms with Crippen molar-refractivity contribution in [2.75, 3.05) is 0 Å². The molecular formula is C50H37IrN3O-2. The van der Waals surface area contributed by atoms with E-state index >= 15 is 0 Å². The van der Waals surface area contributed by atoms with Gasteiger partial charge in [-0.05, 0) is 94.0 Å². The number of rotatable bonds is 4. The summed E-state index contributed by atoms with van der Waals surface area (Å²) in [6.45, 7) is 6.38. The van der Waals surface area contributed by atoms with E-state index in [-0.39, 0.29) is 20.1 Å². The second kappa shape index (κ2) is 14.9. The summed E-state index contributed by atoms with van der Waals surface area (Å²) < 4.78 is 8.38. The molecule has 0 amide bonds. The molecule has 5 heteroatoms. The molecule has 3 aromatic heterocycles. The van der Waals surface area contributed by atoms with Crippen molar-refractivity contribution < 1.29 is 24.5 Å². The number of pyridine rings is 1. The summed E-state index contributed by atoms with van der Waals surface area (Å²) in [7, 11) is 2.04. The van der Waals surface area contributed by atoms with Crippen molar-refractivity contribution in [3.8, 4) is 44.9 Å². The van der Waals surface area contributed by atoms with Crippen LogP contribution < -0.4 is 0 Å². The molecule has 0 unspecified atom stereocenters. The predicted octanol–water partition coefficient (Wildman–Crippen LogP) is 12.9. The van der Waals surface area contributed by atoms with E-state index in [1.807, 2.05) is 61.8 Å². The molecule has 269 valence electrons. The van der Waals surface area contributed by atoms with Crippen molar-refractivity contribution in [3.05, 3.63) is 181 Å². The zero-order valence-corrected chi connectivity index (χ0v) is 33.4. The largest absolute Gasteiger partial charge is 0.501 e. The molecule has 55 heavy (non-hydrogen) atoms. The monoisotopic (exact) mass is 888 g/mol. The first-order valence-electron chi connectivity index (χ1n) is 18.2. The van der Waals surface area contributed by atoms with Crippen LogP contribution in [0.25, 0.3) is 88.6 Å². The van der Waals surface area contributed by atoms with E-state index in [9.17, 15) is 0 Å². The zero-order valence-electron chi connectivity index (χ0n) is 31.0. The normalized spacial score (nSPS) is 11.1. The van der Waals surface area contributed by atoms with Gasteiger partial charge >= 0.3 is 0 Å². The molecule has 10 rings (SSSR count). The molecular weight excluding hydrogens is 851 g/mol. The topological polar surface area (TPSA) is 43.9 Å². The Morgan fingerprint density at radius 2 is 1.42 bits per heavy atom. The molecule has 4 nitrogen and oxygen atoms in total. The minimum atomic E-state index is 0. The summed E-state index contributed by atoms with van der Waals surface area (Å²) in [6.07, 6.45) is 1.96. The van der Waals surface area contributed by atoms with E-state index in [0.29, 0.717) is 0 Å². The first kappa shape index (κ1) is 35.9. The van der Waals surface area contributed by atoms with Crippen LogP contribution in [-0.4, -0.2) is 14.5 Å². The van der Waals surface area contributed by atoms with Crippen molar-refractivity contribution in [1.82, 2.24) is 14.5 Å². The quantitative estimate of drug-likeness (QED) is 0.165. The number of imidazole rings is 1. The number of furan rings is 1. The minimum Gasteiger partial charge on any atom is -0.501 e. The Kier molecular flexibility index (Phi) is 9.75. The second-order valence-corrected chi connectivity index (χ2v) is 13.9. The van der Waals surface area contributed by atoms with E-state index in [1.54, 1.807) is 0 Å². The van der Waals surface area contributed by atoms with Gasteiger partial charge in [0.15, 0.2) is 0 Å². The van der Waals surface area contributed by atoms with Gasteiger partial charge in [-0.3, -0.25) is 4.98 Å². The Labute approximate surface area is 334 Å². The fourth-order valence-corrected chi connectivity index (χ4v) is 7.37. The van der Waals surface area contributed by atoms with E-state index in [0.717, 1.165) is 61.2 Å². The third-order valence-electron chi connectivity index (χ3n) is 10.3. The van der Waals surface area contributed by atoms with Gasteiger partial charge in [-0.15, -0.1) is 53.6 Å². The van der Waals surface area contributed by atoms with E-state index in [4.69, 9.17) is 9.40 Å². The Balaban J connectivity index is 0.000000199. The van der Waals surface area contributed by atoms with Gasteiger partial charge in [0.1, 0.15) is 5.58 Å². The number of hydrogen-bond donors (Lipinski definition) is 0. The number of fused-ring (bicyclic) bond motifs is 5. The van der Waals surface area contributed by atoms with Crippen LogP contribution in [0.3, 0.4) is 0 Å². The van der Waals surface area contributed by atoms with Crippen LogP contribution in [0, 0.1) is 32.9 Å². The first-order chi connectivity index (χ1) is 26.4. The molecule has 1 radical (unpaired) electrons. The molecule has 3 heterocycles. The summed E-state index contributed by atoms with van der Waals surface area (Å²) in [5.74, 6) is 0.964. The Hall–Kier alpha value is -6.13. The average Bonchev–Trinajstić information content (AvgIpc) is 3.76. The fourth-order valence-electron chi connectivity index (χ4n) is 7.37. The molecule has 0 aliphatic carbocycles. The van der Waals surface area contributed by atoms with E-state index in [2.05, 4.69) is 140 Å². The number of hydrogen-bond acceptors (Lipinski definition) is 3. The Morgan fingerprint density at radius 1 is 0.636 bits per heavy atom. The van der Waals surface area contributed by atoms with Crippen LogP contribution in [0.4, 0.5) is 0 Å². The van der Waals surface area contributed by atoms with E-state index < -0.39 is 0 Å². The van der Waals surface area contributed by atoms with Gasteiger partial charge in [-0.25, -0.2) is 0 Å². The van der Waals surface area contributed by atoms with Gasteiger partial charge in [0.05, 0.1) is 22.4 Å². The van der Waals surface area contributed by atoms with Crippen LogP contribution in [0.2, 0.25) is 0 Å². The first-order valence-corrected chi connectivity index (χ1v) is 18.2. The average molecular weight is 888 g/mol. The molecule has 0 saturated heterocycles. The maximum Gasteiger partial charge on any atom is 0.120 e. The minimum absolute atomic E-state index is 0. The molecule has 0 bridgehead atoms. The van der Waals surface area contributed by atoms with Gasteiger partial charge in [0.25, 0.3) is 0 Å². The van der Waals surface area contributed by atoms with Gasteiger partial charge < -0.3 is 14.0 Å². The van der Waals surface area contributed by atoms with Crippen molar-refractivity contribution in [2.24, 2.45) is 7.05 Å². The molecule has 0 fully saturated rings. The number of nitrogens with zero attached hydrogens (tertiary/aromatic N) is 3. The van der Waals surface area contributed by atoms with Crippen LogP contribution in [0.5, 0.6) is 0 Å². The fraction of sp³-hybridized carbons (Fsp3) is 0.0800. The molecule has 0 atom stereocenters. The second-order valence-electron chi connectivity index (χ2n) is 13.9. The molecule has 7 aromatic carbocycles. The predicted molar refractivity (Wildman–Crippen MR) is 223 cm³/mol. The van der Waals surface area contributed by atoms with Crippen molar-refractivity contribution in [1.29, 1.82) is 0 Å². The van der Waals surface area contributed by atoms with Gasteiger partial charge in [-0.1, -0.05) is 103 Å². The van der Waals surface area contributed by atoms with Crippen molar-refractivity contribution >= 4 is 43.7 Å². The SMILES string of the molecule is Cc1c[c-]c(-c2nc3ccccc3n2C)cc1.Cc1cnc(-c2[c-]ccc3c2oc2ccccc23)cc1-c1cc2ccc(-c3ccccc3)cc2cc1C.[Ir]. The smallest absolute Gasteiger partial charge is 0.120 e. The van der Waals surface area contributed by atoms with Crippen LogP contribution in [0.15, 0.2) is 156 Å². The summed E-state index contributed by atoms with van der Waals surface area (Å²) in [4.78, 5) is 9.44. The molecule has 0 saturated carbocycles. The van der Waals surface area contributed by atoms with Gasteiger partial charge in [-0.2, -0.15) is 0 Å². The molecule has 0 spiro atoms. The summed E-state index contributed by atoms with van der Waals surface area (Å²) >= 11 is 0. The maximum absolute atomic E-state index is 6.27. The molecule has 0 aliphatic rings. The van der Waals surface area contributed by atoms with Crippen LogP contribution in [0.1, 0.15) is 16.7 Å². The molecule has 0 aliphatic heterocycles. The molecule has 0 N–H and O–H groups in total. The van der Waals surface area contributed by atoms with Gasteiger partial charge in [0, 0.05) is 38.7 Å². The van der Waals surface area contributed by atoms with E-state index in [1.165, 1.54) is 44.2 Å². The zero-order chi connectivity index (χ0) is 36.8. The summed E-state index contributed by atoms with van der Waals surface area (Å²) in [5.41, 5.74) is 15.1. The maximum atomic E-state index is 6.27. The number of aromatic nitrogens is 3. The Morgan fingerprint density at radius 3 is 2.24 bits per heavy atom.